The van der Waals surface area contributed by atoms with Gasteiger partial charge < -0.3 is 14.5 Å². The smallest absolute Gasteiger partial charge is 0.329 e. The quantitative estimate of drug-likeness (QED) is 0.689. The summed E-state index contributed by atoms with van der Waals surface area (Å²) in [6, 6.07) is 9.10. The minimum absolute atomic E-state index is 0.205. The van der Waals surface area contributed by atoms with Gasteiger partial charge in [-0.15, -0.1) is 0 Å². The van der Waals surface area contributed by atoms with Crippen molar-refractivity contribution in [3.05, 3.63) is 35.9 Å². The van der Waals surface area contributed by atoms with Crippen molar-refractivity contribution in [3.63, 3.8) is 0 Å². The molecule has 4 aliphatic rings. The van der Waals surface area contributed by atoms with Crippen LogP contribution in [0.2, 0.25) is 0 Å². The number of aliphatic imine (C=N–C) groups is 1. The van der Waals surface area contributed by atoms with E-state index in [1.165, 1.54) is 4.90 Å². The molecular formula is C21H27N7O3. The number of hydrazone groups is 1. The summed E-state index contributed by atoms with van der Waals surface area (Å²) in [5, 5.41) is 6.60. The molecule has 0 bridgehead atoms. The molecule has 2 unspecified atom stereocenters. The second-order valence-corrected chi connectivity index (χ2v) is 8.08. The highest BCUT2D eigenvalue weighted by molar-refractivity contribution is 6.09. The van der Waals surface area contributed by atoms with Crippen LogP contribution in [0, 0.1) is 0 Å². The molecule has 0 radical (unpaired) electrons. The number of imide groups is 1. The second kappa shape index (κ2) is 7.93. The molecule has 0 spiro atoms. The lowest BCUT2D eigenvalue weighted by atomic mass is 10.1. The summed E-state index contributed by atoms with van der Waals surface area (Å²) < 4.78 is 5.40. The molecule has 2 fully saturated rings. The first-order chi connectivity index (χ1) is 15.1. The lowest BCUT2D eigenvalue weighted by molar-refractivity contribution is -0.140. The van der Waals surface area contributed by atoms with Crippen LogP contribution in [0.15, 0.2) is 40.4 Å². The van der Waals surface area contributed by atoms with E-state index >= 15 is 0 Å². The zero-order chi connectivity index (χ0) is 21.5. The number of fused-ring (bicyclic) bond motifs is 3. The van der Waals surface area contributed by atoms with Gasteiger partial charge in [-0.05, 0) is 12.5 Å². The zero-order valence-electron chi connectivity index (χ0n) is 17.8. The first kappa shape index (κ1) is 20.0. The largest absolute Gasteiger partial charge is 0.379 e. The lowest BCUT2D eigenvalue weighted by Crippen LogP contribution is -2.67. The Hall–Kier alpha value is -2.98. The summed E-state index contributed by atoms with van der Waals surface area (Å²) in [6.07, 6.45) is -0.546. The Morgan fingerprint density at radius 1 is 1.13 bits per heavy atom. The number of hydrogen-bond acceptors (Lipinski definition) is 8. The highest BCUT2D eigenvalue weighted by atomic mass is 16.5. The first-order valence-corrected chi connectivity index (χ1v) is 10.7. The van der Waals surface area contributed by atoms with E-state index in [-0.39, 0.29) is 18.6 Å². The van der Waals surface area contributed by atoms with E-state index in [9.17, 15) is 9.59 Å². The number of carbonyl (C=O) groups excluding carboxylic acids is 2. The molecule has 31 heavy (non-hydrogen) atoms. The van der Waals surface area contributed by atoms with E-state index in [0.717, 1.165) is 11.3 Å². The second-order valence-electron chi connectivity index (χ2n) is 8.08. The SMILES string of the molecule is CCN1N=C(c2ccccc2)CN2C1=NC1C2C(=O)N(CN2CCOCC2)C(=O)N1C. The van der Waals surface area contributed by atoms with Crippen LogP contribution in [0.3, 0.4) is 0 Å². The van der Waals surface area contributed by atoms with Crippen molar-refractivity contribution in [2.24, 2.45) is 10.1 Å². The summed E-state index contributed by atoms with van der Waals surface area (Å²) in [4.78, 5) is 38.4. The molecule has 3 amide bonds. The molecule has 0 N–H and O–H groups in total. The molecular weight excluding hydrogens is 398 g/mol. The average molecular weight is 425 g/mol. The summed E-state index contributed by atoms with van der Waals surface area (Å²) in [6.45, 7) is 5.99. The minimum atomic E-state index is -0.554. The highest BCUT2D eigenvalue weighted by Crippen LogP contribution is 2.31. The molecule has 4 heterocycles. The number of hydrogen-bond donors (Lipinski definition) is 0. The maximum atomic E-state index is 13.6. The molecule has 4 aliphatic heterocycles. The Bertz CT molecular complexity index is 928. The minimum Gasteiger partial charge on any atom is -0.379 e. The molecule has 10 nitrogen and oxygen atoms in total. The number of rotatable bonds is 4. The van der Waals surface area contributed by atoms with Gasteiger partial charge in [-0.3, -0.25) is 9.69 Å². The number of nitrogens with zero attached hydrogens (tertiary/aromatic N) is 7. The first-order valence-electron chi connectivity index (χ1n) is 10.7. The Kier molecular flexibility index (Phi) is 5.11. The van der Waals surface area contributed by atoms with Gasteiger partial charge in [0.1, 0.15) is 0 Å². The maximum Gasteiger partial charge on any atom is 0.329 e. The van der Waals surface area contributed by atoms with Crippen LogP contribution in [-0.4, -0.2) is 114 Å². The molecule has 2 atom stereocenters. The van der Waals surface area contributed by atoms with E-state index in [1.807, 2.05) is 47.2 Å². The van der Waals surface area contributed by atoms with Gasteiger partial charge in [-0.1, -0.05) is 30.3 Å². The third-order valence-electron chi connectivity index (χ3n) is 6.22. The van der Waals surface area contributed by atoms with Crippen LogP contribution in [0.4, 0.5) is 4.79 Å². The van der Waals surface area contributed by atoms with Gasteiger partial charge in [0.15, 0.2) is 12.2 Å². The summed E-state index contributed by atoms with van der Waals surface area (Å²) >= 11 is 0. The van der Waals surface area contributed by atoms with E-state index < -0.39 is 12.2 Å². The van der Waals surface area contributed by atoms with Crippen LogP contribution in [0.5, 0.6) is 0 Å². The van der Waals surface area contributed by atoms with E-state index in [2.05, 4.69) is 4.90 Å². The molecule has 1 aromatic rings. The predicted octanol–water partition coefficient (Wildman–Crippen LogP) is 0.276. The van der Waals surface area contributed by atoms with E-state index in [4.69, 9.17) is 14.8 Å². The third-order valence-corrected chi connectivity index (χ3v) is 6.22. The van der Waals surface area contributed by atoms with Gasteiger partial charge in [0.2, 0.25) is 5.96 Å². The van der Waals surface area contributed by atoms with Gasteiger partial charge in [-0.2, -0.15) is 5.10 Å². The van der Waals surface area contributed by atoms with Gasteiger partial charge in [-0.25, -0.2) is 19.7 Å². The van der Waals surface area contributed by atoms with Crippen LogP contribution in [0.1, 0.15) is 12.5 Å². The van der Waals surface area contributed by atoms with Crippen LogP contribution < -0.4 is 0 Å². The molecule has 5 rings (SSSR count). The number of morpholine rings is 1. The number of likely N-dealkylation sites (N-methyl/N-ethyl adjacent to an activating group) is 1. The number of guanidine groups is 1. The Morgan fingerprint density at radius 3 is 2.58 bits per heavy atom. The van der Waals surface area contributed by atoms with E-state index in [1.54, 1.807) is 11.9 Å². The van der Waals surface area contributed by atoms with Gasteiger partial charge in [0.25, 0.3) is 5.91 Å². The van der Waals surface area contributed by atoms with Crippen LogP contribution in [0.25, 0.3) is 0 Å². The van der Waals surface area contributed by atoms with Crippen molar-refractivity contribution in [1.82, 2.24) is 24.6 Å². The molecule has 0 aliphatic carbocycles. The Balaban J connectivity index is 1.44. The fourth-order valence-electron chi connectivity index (χ4n) is 4.50. The summed E-state index contributed by atoms with van der Waals surface area (Å²) in [5.41, 5.74) is 1.90. The number of benzene rings is 1. The van der Waals surface area contributed by atoms with Crippen molar-refractivity contribution < 1.29 is 14.3 Å². The number of ether oxygens (including phenoxy) is 1. The van der Waals surface area contributed by atoms with Crippen molar-refractivity contribution in [3.8, 4) is 0 Å². The fraction of sp³-hybridized carbons (Fsp3) is 0.524. The lowest BCUT2D eigenvalue weighted by Gasteiger charge is -2.44. The number of urea groups is 1. The fourth-order valence-corrected chi connectivity index (χ4v) is 4.50. The third kappa shape index (κ3) is 3.35. The van der Waals surface area contributed by atoms with Gasteiger partial charge in [0.05, 0.1) is 32.1 Å². The van der Waals surface area contributed by atoms with Crippen molar-refractivity contribution >= 4 is 23.6 Å². The molecule has 2 saturated heterocycles. The Labute approximate surface area is 181 Å². The molecule has 1 aromatic carbocycles. The van der Waals surface area contributed by atoms with Crippen molar-refractivity contribution in [2.45, 2.75) is 19.1 Å². The summed E-state index contributed by atoms with van der Waals surface area (Å²) in [5.74, 6) is 0.446. The van der Waals surface area contributed by atoms with E-state index in [0.29, 0.717) is 45.4 Å². The standard InChI is InChI=1S/C21H27N7O3/c1-3-28-20-22-18-17(26(20)13-16(23-28)15-7-5-4-6-8-15)19(29)27(21(30)24(18)2)14-25-9-11-31-12-10-25/h4-8,17-18H,3,9-14H2,1-2H3. The molecule has 0 aromatic heterocycles. The highest BCUT2D eigenvalue weighted by Gasteiger charge is 2.54. The van der Waals surface area contributed by atoms with Crippen LogP contribution >= 0.6 is 0 Å². The molecule has 0 saturated carbocycles. The van der Waals surface area contributed by atoms with Crippen molar-refractivity contribution in [1.29, 1.82) is 0 Å². The predicted molar refractivity (Wildman–Crippen MR) is 114 cm³/mol. The van der Waals surface area contributed by atoms with Gasteiger partial charge in [0, 0.05) is 26.7 Å². The number of carbonyl (C=O) groups is 2. The average Bonchev–Trinajstić information content (AvgIpc) is 3.21. The van der Waals surface area contributed by atoms with Crippen molar-refractivity contribution in [2.75, 3.05) is 53.1 Å². The van der Waals surface area contributed by atoms with Crippen LogP contribution in [-0.2, 0) is 9.53 Å². The Morgan fingerprint density at radius 2 is 1.87 bits per heavy atom. The maximum absolute atomic E-state index is 13.6. The topological polar surface area (TPSA) is 84.3 Å². The molecule has 10 heteroatoms. The number of amides is 3. The monoisotopic (exact) mass is 425 g/mol. The zero-order valence-corrected chi connectivity index (χ0v) is 17.8. The van der Waals surface area contributed by atoms with Gasteiger partial charge >= 0.3 is 6.03 Å². The molecule has 164 valence electrons. The summed E-state index contributed by atoms with van der Waals surface area (Å²) in [7, 11) is 1.72. The normalized spacial score (nSPS) is 26.6.